The van der Waals surface area contributed by atoms with Gasteiger partial charge in [-0.1, -0.05) is 5.16 Å². The van der Waals surface area contributed by atoms with Gasteiger partial charge in [-0.3, -0.25) is 4.79 Å². The van der Waals surface area contributed by atoms with Gasteiger partial charge in [-0.15, -0.1) is 0 Å². The van der Waals surface area contributed by atoms with E-state index < -0.39 is 17.5 Å². The van der Waals surface area contributed by atoms with Crippen molar-refractivity contribution in [1.29, 1.82) is 0 Å². The van der Waals surface area contributed by atoms with Crippen molar-refractivity contribution in [3.63, 3.8) is 0 Å². The molecular weight excluding hydrogens is 280 g/mol. The van der Waals surface area contributed by atoms with Crippen LogP contribution in [-0.2, 0) is 6.54 Å². The zero-order valence-corrected chi connectivity index (χ0v) is 11.7. The number of hydrogen-bond acceptors (Lipinski definition) is 4. The monoisotopic (exact) mass is 295 g/mol. The minimum atomic E-state index is -0.806. The summed E-state index contributed by atoms with van der Waals surface area (Å²) in [6.45, 7) is 3.95. The van der Waals surface area contributed by atoms with Crippen LogP contribution in [0.4, 0.5) is 14.5 Å². The number of rotatable bonds is 5. The van der Waals surface area contributed by atoms with Crippen molar-refractivity contribution in [3.05, 3.63) is 46.9 Å². The lowest BCUT2D eigenvalue weighted by atomic mass is 10.1. The molecule has 0 spiro atoms. The topological polar surface area (TPSA) is 67.2 Å². The maximum absolute atomic E-state index is 13.7. The summed E-state index contributed by atoms with van der Waals surface area (Å²) in [7, 11) is 0. The van der Waals surface area contributed by atoms with Crippen LogP contribution in [-0.4, -0.2) is 17.6 Å². The Morgan fingerprint density at radius 3 is 2.48 bits per heavy atom. The Kier molecular flexibility index (Phi) is 4.52. The van der Waals surface area contributed by atoms with Crippen LogP contribution in [0.25, 0.3) is 0 Å². The van der Waals surface area contributed by atoms with Gasteiger partial charge >= 0.3 is 0 Å². The van der Waals surface area contributed by atoms with Crippen molar-refractivity contribution < 1.29 is 18.1 Å². The summed E-state index contributed by atoms with van der Waals surface area (Å²) in [6.07, 6.45) is 0. The molecule has 5 nitrogen and oxygen atoms in total. The summed E-state index contributed by atoms with van der Waals surface area (Å²) in [4.78, 5) is 11.9. The zero-order valence-electron chi connectivity index (χ0n) is 11.7. The van der Waals surface area contributed by atoms with Gasteiger partial charge in [-0.2, -0.15) is 0 Å². The van der Waals surface area contributed by atoms with Crippen LogP contribution in [0, 0.1) is 18.6 Å². The maximum atomic E-state index is 13.7. The third-order valence-electron chi connectivity index (χ3n) is 2.76. The van der Waals surface area contributed by atoms with Gasteiger partial charge in [-0.25, -0.2) is 8.78 Å². The fourth-order valence-corrected chi connectivity index (χ4v) is 1.82. The van der Waals surface area contributed by atoms with Crippen molar-refractivity contribution in [2.45, 2.75) is 20.4 Å². The van der Waals surface area contributed by atoms with Gasteiger partial charge in [0.15, 0.2) is 0 Å². The Morgan fingerprint density at radius 2 is 1.95 bits per heavy atom. The van der Waals surface area contributed by atoms with E-state index in [1.165, 1.54) is 0 Å². The van der Waals surface area contributed by atoms with Crippen molar-refractivity contribution >= 4 is 11.6 Å². The summed E-state index contributed by atoms with van der Waals surface area (Å²) in [5.41, 5.74) is 0.208. The number of anilines is 1. The Hall–Kier alpha value is -2.44. The van der Waals surface area contributed by atoms with Gasteiger partial charge in [0, 0.05) is 18.2 Å². The average Bonchev–Trinajstić information content (AvgIpc) is 2.85. The van der Waals surface area contributed by atoms with Crippen LogP contribution < -0.4 is 10.6 Å². The highest BCUT2D eigenvalue weighted by Gasteiger charge is 2.15. The number of halogens is 2. The lowest BCUT2D eigenvalue weighted by Gasteiger charge is -2.09. The molecule has 0 fully saturated rings. The molecule has 112 valence electrons. The molecule has 1 aromatic carbocycles. The summed E-state index contributed by atoms with van der Waals surface area (Å²) in [5, 5.41) is 8.79. The molecule has 0 saturated heterocycles. The molecule has 0 unspecified atom stereocenters. The van der Waals surface area contributed by atoms with E-state index >= 15 is 0 Å². The summed E-state index contributed by atoms with van der Waals surface area (Å²) < 4.78 is 32.3. The Bertz CT molecular complexity index is 632. The van der Waals surface area contributed by atoms with Gasteiger partial charge in [0.05, 0.1) is 6.54 Å². The molecule has 0 aliphatic carbocycles. The maximum Gasteiger partial charge on any atom is 0.251 e. The second kappa shape index (κ2) is 6.34. The van der Waals surface area contributed by atoms with Crippen LogP contribution in [0.1, 0.15) is 28.7 Å². The SMILES string of the molecule is CCNc1c(F)cc(C(=O)NCc2cc(C)on2)cc1F. The molecular formula is C14H15F2N3O2. The van der Waals surface area contributed by atoms with E-state index in [1.54, 1.807) is 19.9 Å². The molecule has 2 rings (SSSR count). The van der Waals surface area contributed by atoms with E-state index in [-0.39, 0.29) is 17.8 Å². The first-order valence-electron chi connectivity index (χ1n) is 6.44. The number of carbonyl (C=O) groups excluding carboxylic acids is 1. The number of nitrogens with one attached hydrogen (secondary N) is 2. The van der Waals surface area contributed by atoms with Gasteiger partial charge in [-0.05, 0) is 26.0 Å². The molecule has 0 atom stereocenters. The minimum Gasteiger partial charge on any atom is -0.381 e. The number of hydrogen-bond donors (Lipinski definition) is 2. The highest BCUT2D eigenvalue weighted by molar-refractivity contribution is 5.94. The van der Waals surface area contributed by atoms with Crippen LogP contribution in [0.15, 0.2) is 22.7 Å². The molecule has 21 heavy (non-hydrogen) atoms. The molecule has 0 saturated carbocycles. The number of benzene rings is 1. The van der Waals surface area contributed by atoms with E-state index in [0.717, 1.165) is 12.1 Å². The first-order valence-corrected chi connectivity index (χ1v) is 6.44. The first-order chi connectivity index (χ1) is 10.0. The van der Waals surface area contributed by atoms with Gasteiger partial charge in [0.2, 0.25) is 0 Å². The molecule has 2 aromatic rings. The molecule has 2 N–H and O–H groups in total. The predicted octanol–water partition coefficient (Wildman–Crippen LogP) is 2.62. The molecule has 0 aliphatic rings. The lowest BCUT2D eigenvalue weighted by Crippen LogP contribution is -2.23. The Morgan fingerprint density at radius 1 is 1.29 bits per heavy atom. The first kappa shape index (κ1) is 15.0. The van der Waals surface area contributed by atoms with E-state index in [4.69, 9.17) is 4.52 Å². The van der Waals surface area contributed by atoms with E-state index in [2.05, 4.69) is 15.8 Å². The van der Waals surface area contributed by atoms with Crippen molar-refractivity contribution in [3.8, 4) is 0 Å². The van der Waals surface area contributed by atoms with E-state index in [0.29, 0.717) is 18.0 Å². The average molecular weight is 295 g/mol. The van der Waals surface area contributed by atoms with Crippen LogP contribution in [0.2, 0.25) is 0 Å². The normalized spacial score (nSPS) is 10.5. The van der Waals surface area contributed by atoms with Gasteiger partial charge < -0.3 is 15.2 Å². The third-order valence-corrected chi connectivity index (χ3v) is 2.76. The molecule has 0 aliphatic heterocycles. The zero-order chi connectivity index (χ0) is 15.4. The minimum absolute atomic E-state index is 0.0909. The number of aryl methyl sites for hydroxylation is 1. The fourth-order valence-electron chi connectivity index (χ4n) is 1.82. The third kappa shape index (κ3) is 3.56. The number of nitrogens with zero attached hydrogens (tertiary/aromatic N) is 1. The fraction of sp³-hybridized carbons (Fsp3) is 0.286. The number of aromatic nitrogens is 1. The van der Waals surface area contributed by atoms with Gasteiger partial charge in [0.1, 0.15) is 28.8 Å². The number of carbonyl (C=O) groups is 1. The quantitative estimate of drug-likeness (QED) is 0.890. The van der Waals surface area contributed by atoms with Crippen LogP contribution in [0.3, 0.4) is 0 Å². The molecule has 0 bridgehead atoms. The summed E-state index contributed by atoms with van der Waals surface area (Å²) in [6, 6.07) is 3.64. The molecule has 1 aromatic heterocycles. The van der Waals surface area contributed by atoms with Crippen LogP contribution in [0.5, 0.6) is 0 Å². The molecule has 7 heteroatoms. The highest BCUT2D eigenvalue weighted by Crippen LogP contribution is 2.20. The second-order valence-electron chi connectivity index (χ2n) is 4.46. The summed E-state index contributed by atoms with van der Waals surface area (Å²) >= 11 is 0. The largest absolute Gasteiger partial charge is 0.381 e. The van der Waals surface area contributed by atoms with Gasteiger partial charge in [0.25, 0.3) is 5.91 Å². The second-order valence-corrected chi connectivity index (χ2v) is 4.46. The predicted molar refractivity (Wildman–Crippen MR) is 72.9 cm³/mol. The molecule has 0 radical (unpaired) electrons. The van der Waals surface area contributed by atoms with Crippen molar-refractivity contribution in [1.82, 2.24) is 10.5 Å². The van der Waals surface area contributed by atoms with E-state index in [9.17, 15) is 13.6 Å². The molecule has 1 amide bonds. The van der Waals surface area contributed by atoms with Crippen LogP contribution >= 0.6 is 0 Å². The standard InChI is InChI=1S/C14H15F2N3O2/c1-3-17-13-11(15)5-9(6-12(13)16)14(20)18-7-10-4-8(2)21-19-10/h4-6,17H,3,7H2,1-2H3,(H,18,20). The van der Waals surface area contributed by atoms with E-state index in [1.807, 2.05) is 0 Å². The Balaban J connectivity index is 2.08. The summed E-state index contributed by atoms with van der Waals surface area (Å²) in [5.74, 6) is -1.58. The molecule has 1 heterocycles. The van der Waals surface area contributed by atoms with Crippen molar-refractivity contribution in [2.24, 2.45) is 0 Å². The number of amides is 1. The Labute approximate surface area is 120 Å². The van der Waals surface area contributed by atoms with Crippen molar-refractivity contribution in [2.75, 3.05) is 11.9 Å². The smallest absolute Gasteiger partial charge is 0.251 e. The lowest BCUT2D eigenvalue weighted by molar-refractivity contribution is 0.0949. The highest BCUT2D eigenvalue weighted by atomic mass is 19.1.